The summed E-state index contributed by atoms with van der Waals surface area (Å²) in [5.41, 5.74) is -3.19. The molecule has 0 radical (unpaired) electrons. The fourth-order valence-corrected chi connectivity index (χ4v) is 2.74. The highest BCUT2D eigenvalue weighted by atomic mass is 31.2. The van der Waals surface area contributed by atoms with Gasteiger partial charge >= 0.3 is 19.9 Å². The van der Waals surface area contributed by atoms with Gasteiger partial charge in [0, 0.05) is 13.0 Å². The molecular formula is C18H36NO9P. The van der Waals surface area contributed by atoms with E-state index < -0.39 is 49.7 Å². The third kappa shape index (κ3) is 12.2. The molecule has 29 heavy (non-hydrogen) atoms. The number of rotatable bonds is 11. The van der Waals surface area contributed by atoms with Gasteiger partial charge in [0.15, 0.2) is 0 Å². The zero-order chi connectivity index (χ0) is 22.9. The van der Waals surface area contributed by atoms with Crippen LogP contribution in [0.25, 0.3) is 0 Å². The van der Waals surface area contributed by atoms with Crippen LogP contribution in [0.1, 0.15) is 67.2 Å². The zero-order valence-corrected chi connectivity index (χ0v) is 19.1. The molecule has 10 nitrogen and oxygen atoms in total. The van der Waals surface area contributed by atoms with E-state index >= 15 is 0 Å². The van der Waals surface area contributed by atoms with Gasteiger partial charge in [-0.25, -0.2) is 9.36 Å². The fraction of sp³-hybridized carbons (Fsp3) is 0.889. The van der Waals surface area contributed by atoms with Gasteiger partial charge in [0.25, 0.3) is 0 Å². The second-order valence-electron chi connectivity index (χ2n) is 8.88. The summed E-state index contributed by atoms with van der Waals surface area (Å²) in [6, 6.07) is 0. The molecular weight excluding hydrogens is 405 g/mol. The van der Waals surface area contributed by atoms with Crippen molar-refractivity contribution in [2.75, 3.05) is 19.8 Å². The van der Waals surface area contributed by atoms with Crippen LogP contribution >= 0.6 is 7.82 Å². The molecule has 0 saturated heterocycles. The summed E-state index contributed by atoms with van der Waals surface area (Å²) in [6.07, 6.45) is 0.930. The summed E-state index contributed by atoms with van der Waals surface area (Å²) in [5.74, 6) is -0.917. The minimum atomic E-state index is -4.72. The lowest BCUT2D eigenvalue weighted by molar-refractivity contribution is -0.139. The molecule has 0 aromatic carbocycles. The van der Waals surface area contributed by atoms with Crippen LogP contribution in [0.2, 0.25) is 0 Å². The molecule has 0 saturated carbocycles. The number of hydrogen-bond acceptors (Lipinski definition) is 8. The molecule has 0 aliphatic carbocycles. The molecule has 11 heteroatoms. The molecule has 0 aliphatic heterocycles. The maximum atomic E-state index is 11.9. The van der Waals surface area contributed by atoms with Gasteiger partial charge in [-0.15, -0.1) is 0 Å². The maximum absolute atomic E-state index is 11.9. The van der Waals surface area contributed by atoms with Crippen molar-refractivity contribution in [2.45, 2.75) is 78.4 Å². The maximum Gasteiger partial charge on any atom is 0.529 e. The van der Waals surface area contributed by atoms with E-state index in [1.807, 2.05) is 0 Å². The number of carbonyl (C=O) groups is 2. The summed E-state index contributed by atoms with van der Waals surface area (Å²) in [7, 11) is -4.72. The molecule has 0 heterocycles. The van der Waals surface area contributed by atoms with Crippen LogP contribution < -0.4 is 5.32 Å². The number of ether oxygens (including phenoxy) is 1. The molecule has 1 amide bonds. The fourth-order valence-electron chi connectivity index (χ4n) is 1.96. The first-order valence-corrected chi connectivity index (χ1v) is 11.0. The molecule has 4 N–H and O–H groups in total. The number of phosphoric ester groups is 1. The van der Waals surface area contributed by atoms with Crippen molar-refractivity contribution in [1.82, 2.24) is 5.32 Å². The van der Waals surface area contributed by atoms with Crippen molar-refractivity contribution >= 4 is 19.9 Å². The normalized spacial score (nSPS) is 16.4. The first kappa shape index (κ1) is 27.8. The van der Waals surface area contributed by atoms with E-state index in [1.165, 1.54) is 0 Å². The Hall–Kier alpha value is -1.19. The van der Waals surface area contributed by atoms with Crippen molar-refractivity contribution in [3.05, 3.63) is 0 Å². The summed E-state index contributed by atoms with van der Waals surface area (Å²) in [4.78, 5) is 32.8. The van der Waals surface area contributed by atoms with E-state index in [-0.39, 0.29) is 6.42 Å². The third-order valence-corrected chi connectivity index (χ3v) is 4.96. The van der Waals surface area contributed by atoms with Crippen molar-refractivity contribution in [3.8, 4) is 0 Å². The van der Waals surface area contributed by atoms with Gasteiger partial charge in [-0.3, -0.25) is 14.2 Å². The Labute approximate surface area is 172 Å². The van der Waals surface area contributed by atoms with Gasteiger partial charge in [0.2, 0.25) is 0 Å². The lowest BCUT2D eigenvalue weighted by Gasteiger charge is -2.38. The Morgan fingerprint density at radius 2 is 1.62 bits per heavy atom. The summed E-state index contributed by atoms with van der Waals surface area (Å²) >= 11 is 0. The molecule has 172 valence electrons. The summed E-state index contributed by atoms with van der Waals surface area (Å²) in [6.45, 7) is 9.15. The van der Waals surface area contributed by atoms with Crippen LogP contribution in [0.3, 0.4) is 0 Å². The largest absolute Gasteiger partial charge is 0.529 e. The number of alkyl carbamates (subject to hydrolysis) is 1. The Morgan fingerprint density at radius 1 is 1.03 bits per heavy atom. The second-order valence-corrected chi connectivity index (χ2v) is 10.3. The monoisotopic (exact) mass is 441 g/mol. The lowest BCUT2D eigenvalue weighted by atomic mass is 9.77. The smallest absolute Gasteiger partial charge is 0.444 e. The van der Waals surface area contributed by atoms with Crippen LogP contribution in [0.5, 0.6) is 0 Å². The van der Waals surface area contributed by atoms with Crippen LogP contribution in [0.4, 0.5) is 4.79 Å². The number of amides is 1. The van der Waals surface area contributed by atoms with Gasteiger partial charge in [-0.2, -0.15) is 0 Å². The number of phosphoric acid groups is 1. The Kier molecular flexibility index (Phi) is 10.8. The Bertz CT molecular complexity index is 583. The minimum Gasteiger partial charge on any atom is -0.444 e. The molecule has 0 bridgehead atoms. The molecule has 0 spiro atoms. The van der Waals surface area contributed by atoms with Gasteiger partial charge in [0.1, 0.15) is 11.2 Å². The van der Waals surface area contributed by atoms with E-state index in [2.05, 4.69) is 9.84 Å². The summed E-state index contributed by atoms with van der Waals surface area (Å²) in [5, 5.41) is 22.2. The molecule has 2 atom stereocenters. The van der Waals surface area contributed by atoms with E-state index in [4.69, 9.17) is 9.26 Å². The second kappa shape index (κ2) is 11.3. The van der Waals surface area contributed by atoms with Gasteiger partial charge in [-0.05, 0) is 39.0 Å². The van der Waals surface area contributed by atoms with Crippen LogP contribution in [0.15, 0.2) is 0 Å². The Morgan fingerprint density at radius 3 is 2.10 bits per heavy atom. The van der Waals surface area contributed by atoms with Crippen molar-refractivity contribution in [1.29, 1.82) is 0 Å². The molecule has 0 fully saturated rings. The highest BCUT2D eigenvalue weighted by Gasteiger charge is 2.42. The SMILES string of the molecule is CC(C)(C)OC(=O)NCCCCCC(=O)OP(=O)(O)OCC(O)(CO)C(C)(C)C. The van der Waals surface area contributed by atoms with Crippen molar-refractivity contribution in [2.24, 2.45) is 5.41 Å². The highest BCUT2D eigenvalue weighted by Crippen LogP contribution is 2.46. The van der Waals surface area contributed by atoms with Gasteiger partial charge in [-0.1, -0.05) is 27.2 Å². The number of aliphatic hydroxyl groups is 2. The van der Waals surface area contributed by atoms with E-state index in [1.54, 1.807) is 41.5 Å². The predicted molar refractivity (Wildman–Crippen MR) is 106 cm³/mol. The topological polar surface area (TPSA) is 152 Å². The predicted octanol–water partition coefficient (Wildman–Crippen LogP) is 2.50. The molecule has 0 aromatic heterocycles. The van der Waals surface area contributed by atoms with E-state index in [0.29, 0.717) is 25.8 Å². The molecule has 0 rings (SSSR count). The van der Waals surface area contributed by atoms with Crippen molar-refractivity contribution < 1.29 is 43.0 Å². The molecule has 0 aliphatic rings. The lowest BCUT2D eigenvalue weighted by Crippen LogP contribution is -2.50. The van der Waals surface area contributed by atoms with Gasteiger partial charge in [0.05, 0.1) is 13.2 Å². The average Bonchev–Trinajstić information content (AvgIpc) is 2.52. The molecule has 2 unspecified atom stereocenters. The van der Waals surface area contributed by atoms with E-state index in [0.717, 1.165) is 0 Å². The zero-order valence-electron chi connectivity index (χ0n) is 18.2. The minimum absolute atomic E-state index is 0.107. The number of aliphatic hydroxyl groups excluding tert-OH is 1. The number of carbonyl (C=O) groups excluding carboxylic acids is 2. The third-order valence-electron chi connectivity index (χ3n) is 4.07. The van der Waals surface area contributed by atoms with Crippen LogP contribution in [-0.4, -0.2) is 58.1 Å². The summed E-state index contributed by atoms with van der Waals surface area (Å²) < 4.78 is 26.1. The number of hydrogen-bond donors (Lipinski definition) is 4. The number of unbranched alkanes of at least 4 members (excludes halogenated alkanes) is 2. The quantitative estimate of drug-likeness (QED) is 0.280. The average molecular weight is 441 g/mol. The highest BCUT2D eigenvalue weighted by molar-refractivity contribution is 7.48. The van der Waals surface area contributed by atoms with Crippen LogP contribution in [0, 0.1) is 5.41 Å². The van der Waals surface area contributed by atoms with Crippen molar-refractivity contribution in [3.63, 3.8) is 0 Å². The standard InChI is InChI=1S/C18H36NO9P/c1-16(2,3)18(23,12-20)13-26-29(24,25)28-14(21)10-8-7-9-11-19-15(22)27-17(4,5)6/h20,23H,7-13H2,1-6H3,(H,19,22)(H,24,25). The van der Waals surface area contributed by atoms with Crippen LogP contribution in [-0.2, 0) is 23.1 Å². The number of nitrogens with one attached hydrogen (secondary N) is 1. The first-order valence-electron chi connectivity index (χ1n) is 9.51. The molecule has 0 aromatic rings. The van der Waals surface area contributed by atoms with Gasteiger partial charge < -0.3 is 24.8 Å². The first-order chi connectivity index (χ1) is 13.0. The van der Waals surface area contributed by atoms with E-state index in [9.17, 15) is 29.3 Å². The Balaban J connectivity index is 4.15.